The van der Waals surface area contributed by atoms with Crippen LogP contribution in [0.15, 0.2) is 35.1 Å². The van der Waals surface area contributed by atoms with Gasteiger partial charge in [-0.3, -0.25) is 4.68 Å². The third-order valence-electron chi connectivity index (χ3n) is 3.09. The summed E-state index contributed by atoms with van der Waals surface area (Å²) in [6.07, 6.45) is 3.92. The Bertz CT molecular complexity index is 562. The van der Waals surface area contributed by atoms with Crippen molar-refractivity contribution in [2.45, 2.75) is 19.5 Å². The molecule has 1 heterocycles. The van der Waals surface area contributed by atoms with E-state index in [0.29, 0.717) is 0 Å². The highest BCUT2D eigenvalue weighted by atomic mass is 79.9. The van der Waals surface area contributed by atoms with Gasteiger partial charge in [-0.05, 0) is 40.5 Å². The zero-order valence-electron chi connectivity index (χ0n) is 11.5. The Morgan fingerprint density at radius 2 is 2.21 bits per heavy atom. The van der Waals surface area contributed by atoms with Crippen LogP contribution in [-0.2, 0) is 13.6 Å². The van der Waals surface area contributed by atoms with Crippen molar-refractivity contribution in [1.29, 1.82) is 0 Å². The van der Waals surface area contributed by atoms with Gasteiger partial charge in [0, 0.05) is 42.9 Å². The fraction of sp³-hybridized carbons (Fsp3) is 0.357. The predicted molar refractivity (Wildman–Crippen MR) is 82.1 cm³/mol. The van der Waals surface area contributed by atoms with Gasteiger partial charge in [-0.1, -0.05) is 6.07 Å². The maximum Gasteiger partial charge on any atom is 0.0539 e. The maximum atomic E-state index is 5.89. The maximum absolute atomic E-state index is 5.89. The number of aryl methyl sites for hydroxylation is 1. The van der Waals surface area contributed by atoms with Gasteiger partial charge in [0.2, 0.25) is 0 Å². The quantitative estimate of drug-likeness (QED) is 0.941. The number of hydrogen-bond donors (Lipinski definition) is 1. The summed E-state index contributed by atoms with van der Waals surface area (Å²) in [7, 11) is 4.00. The van der Waals surface area contributed by atoms with Crippen LogP contribution in [0, 0.1) is 0 Å². The minimum atomic E-state index is 0.0500. The van der Waals surface area contributed by atoms with Crippen LogP contribution in [0.1, 0.15) is 24.1 Å². The van der Waals surface area contributed by atoms with Crippen molar-refractivity contribution < 1.29 is 0 Å². The van der Waals surface area contributed by atoms with Gasteiger partial charge in [0.05, 0.1) is 11.9 Å². The topological polar surface area (TPSA) is 47.1 Å². The summed E-state index contributed by atoms with van der Waals surface area (Å²) in [5, 5.41) is 4.18. The molecule has 1 aromatic carbocycles. The lowest BCUT2D eigenvalue weighted by Gasteiger charge is -2.21. The number of rotatable bonds is 4. The van der Waals surface area contributed by atoms with Crippen LogP contribution < -0.4 is 10.6 Å². The van der Waals surface area contributed by atoms with Gasteiger partial charge in [0.1, 0.15) is 0 Å². The summed E-state index contributed by atoms with van der Waals surface area (Å²) in [6, 6.07) is 6.30. The highest BCUT2D eigenvalue weighted by molar-refractivity contribution is 9.10. The minimum Gasteiger partial charge on any atom is -0.369 e. The normalized spacial score (nSPS) is 12.5. The first-order valence-electron chi connectivity index (χ1n) is 6.21. The molecule has 2 rings (SSSR count). The van der Waals surface area contributed by atoms with Gasteiger partial charge in [-0.15, -0.1) is 0 Å². The zero-order valence-corrected chi connectivity index (χ0v) is 13.1. The fourth-order valence-corrected chi connectivity index (χ4v) is 2.73. The van der Waals surface area contributed by atoms with E-state index in [9.17, 15) is 0 Å². The molecular weight excluding hydrogens is 304 g/mol. The zero-order chi connectivity index (χ0) is 14.0. The monoisotopic (exact) mass is 322 g/mol. The first kappa shape index (κ1) is 14.1. The molecule has 0 amide bonds. The molecule has 2 N–H and O–H groups in total. The molecule has 2 aromatic rings. The smallest absolute Gasteiger partial charge is 0.0539 e. The molecule has 0 saturated heterocycles. The molecule has 1 aromatic heterocycles. The average Bonchev–Trinajstić information content (AvgIpc) is 2.74. The van der Waals surface area contributed by atoms with Crippen molar-refractivity contribution in [2.75, 3.05) is 11.9 Å². The van der Waals surface area contributed by atoms with Crippen molar-refractivity contribution in [3.05, 3.63) is 46.2 Å². The number of anilines is 1. The molecule has 0 fully saturated rings. The van der Waals surface area contributed by atoms with Crippen LogP contribution in [0.2, 0.25) is 0 Å². The van der Waals surface area contributed by atoms with Crippen LogP contribution in [0.25, 0.3) is 0 Å². The highest BCUT2D eigenvalue weighted by Gasteiger charge is 2.09. The molecule has 5 heteroatoms. The second-order valence-electron chi connectivity index (χ2n) is 4.88. The fourth-order valence-electron chi connectivity index (χ4n) is 2.03. The first-order valence-corrected chi connectivity index (χ1v) is 7.00. The van der Waals surface area contributed by atoms with E-state index in [1.54, 1.807) is 0 Å². The number of aromatic nitrogens is 2. The summed E-state index contributed by atoms with van der Waals surface area (Å²) in [5.74, 6) is 0. The van der Waals surface area contributed by atoms with E-state index in [2.05, 4.69) is 51.2 Å². The molecule has 1 unspecified atom stereocenters. The molecule has 0 saturated carbocycles. The number of nitrogens with zero attached hydrogens (tertiary/aromatic N) is 3. The molecule has 0 bridgehead atoms. The Morgan fingerprint density at radius 3 is 2.74 bits per heavy atom. The predicted octanol–water partition coefficient (Wildman–Crippen LogP) is 2.84. The van der Waals surface area contributed by atoms with Crippen molar-refractivity contribution in [3.63, 3.8) is 0 Å². The van der Waals surface area contributed by atoms with Crippen molar-refractivity contribution in [1.82, 2.24) is 9.78 Å². The van der Waals surface area contributed by atoms with Crippen LogP contribution in [-0.4, -0.2) is 16.8 Å². The van der Waals surface area contributed by atoms with Gasteiger partial charge in [-0.2, -0.15) is 5.10 Å². The highest BCUT2D eigenvalue weighted by Crippen LogP contribution is 2.29. The van der Waals surface area contributed by atoms with Crippen LogP contribution in [0.5, 0.6) is 0 Å². The lowest BCUT2D eigenvalue weighted by Crippen LogP contribution is -2.17. The Balaban J connectivity index is 2.17. The third kappa shape index (κ3) is 3.36. The molecular formula is C14H19BrN4. The summed E-state index contributed by atoms with van der Waals surface area (Å²) < 4.78 is 2.88. The Labute approximate surface area is 122 Å². The standard InChI is InChI=1S/C14H19BrN4/c1-10(16)12-4-5-14(13(15)6-12)18(2)8-11-7-17-19(3)9-11/h4-7,9-10H,8,16H2,1-3H3. The van der Waals surface area contributed by atoms with Crippen LogP contribution >= 0.6 is 15.9 Å². The molecule has 0 aliphatic heterocycles. The first-order chi connectivity index (χ1) is 8.97. The molecule has 19 heavy (non-hydrogen) atoms. The number of hydrogen-bond acceptors (Lipinski definition) is 3. The summed E-state index contributed by atoms with van der Waals surface area (Å²) in [6.45, 7) is 2.81. The lowest BCUT2D eigenvalue weighted by atomic mass is 10.1. The van der Waals surface area contributed by atoms with Gasteiger partial charge < -0.3 is 10.6 Å². The Kier molecular flexibility index (Phi) is 4.27. The molecule has 102 valence electrons. The second-order valence-corrected chi connectivity index (χ2v) is 5.73. The molecule has 1 atom stereocenters. The van der Waals surface area contributed by atoms with Gasteiger partial charge in [-0.25, -0.2) is 0 Å². The van der Waals surface area contributed by atoms with E-state index < -0.39 is 0 Å². The van der Waals surface area contributed by atoms with E-state index in [0.717, 1.165) is 22.3 Å². The SMILES string of the molecule is CC(N)c1ccc(N(C)Cc2cnn(C)c2)c(Br)c1. The number of nitrogens with two attached hydrogens (primary N) is 1. The van der Waals surface area contributed by atoms with Crippen molar-refractivity contribution >= 4 is 21.6 Å². The Hall–Kier alpha value is -1.33. The number of benzene rings is 1. The molecule has 4 nitrogen and oxygen atoms in total. The lowest BCUT2D eigenvalue weighted by molar-refractivity contribution is 0.766. The molecule has 0 aliphatic carbocycles. The summed E-state index contributed by atoms with van der Waals surface area (Å²) in [4.78, 5) is 2.19. The largest absolute Gasteiger partial charge is 0.369 e. The summed E-state index contributed by atoms with van der Waals surface area (Å²) >= 11 is 3.62. The Morgan fingerprint density at radius 1 is 1.47 bits per heavy atom. The minimum absolute atomic E-state index is 0.0500. The average molecular weight is 323 g/mol. The second kappa shape index (κ2) is 5.75. The molecule has 0 aliphatic rings. The van der Waals surface area contributed by atoms with Gasteiger partial charge in [0.25, 0.3) is 0 Å². The van der Waals surface area contributed by atoms with E-state index in [1.807, 2.05) is 31.0 Å². The number of halogens is 1. The van der Waals surface area contributed by atoms with E-state index in [-0.39, 0.29) is 6.04 Å². The van der Waals surface area contributed by atoms with Gasteiger partial charge in [0.15, 0.2) is 0 Å². The van der Waals surface area contributed by atoms with Crippen LogP contribution in [0.3, 0.4) is 0 Å². The van der Waals surface area contributed by atoms with Crippen molar-refractivity contribution in [2.24, 2.45) is 12.8 Å². The third-order valence-corrected chi connectivity index (χ3v) is 3.72. The van der Waals surface area contributed by atoms with E-state index in [1.165, 1.54) is 5.56 Å². The summed E-state index contributed by atoms with van der Waals surface area (Å²) in [5.41, 5.74) is 9.35. The van der Waals surface area contributed by atoms with E-state index in [4.69, 9.17) is 5.73 Å². The van der Waals surface area contributed by atoms with Gasteiger partial charge >= 0.3 is 0 Å². The van der Waals surface area contributed by atoms with Crippen LogP contribution in [0.4, 0.5) is 5.69 Å². The molecule has 0 spiro atoms. The van der Waals surface area contributed by atoms with Crippen molar-refractivity contribution in [3.8, 4) is 0 Å². The van der Waals surface area contributed by atoms with E-state index >= 15 is 0 Å². The molecule has 0 radical (unpaired) electrons.